The van der Waals surface area contributed by atoms with Crippen LogP contribution in [0.3, 0.4) is 0 Å². The Morgan fingerprint density at radius 1 is 1.06 bits per heavy atom. The van der Waals surface area contributed by atoms with Crippen LogP contribution < -0.4 is 10.3 Å². The van der Waals surface area contributed by atoms with Crippen molar-refractivity contribution in [1.29, 1.82) is 0 Å². The molecule has 7 heteroatoms. The Kier molecular flexibility index (Phi) is 6.22. The van der Waals surface area contributed by atoms with Crippen LogP contribution in [0.2, 0.25) is 0 Å². The number of aromatic nitrogens is 2. The predicted molar refractivity (Wildman–Crippen MR) is 125 cm³/mol. The van der Waals surface area contributed by atoms with E-state index in [4.69, 9.17) is 9.72 Å². The molecule has 0 saturated heterocycles. The summed E-state index contributed by atoms with van der Waals surface area (Å²) in [6, 6.07) is 19.1. The van der Waals surface area contributed by atoms with Crippen LogP contribution in [0.25, 0.3) is 16.6 Å². The van der Waals surface area contributed by atoms with Crippen LogP contribution in [0.1, 0.15) is 36.1 Å². The molecule has 0 radical (unpaired) electrons. The Balaban J connectivity index is 1.87. The lowest BCUT2D eigenvalue weighted by atomic mass is 10.1. The van der Waals surface area contributed by atoms with Crippen molar-refractivity contribution in [3.63, 3.8) is 0 Å². The van der Waals surface area contributed by atoms with Crippen LogP contribution >= 0.6 is 0 Å². The maximum absolute atomic E-state index is 13.5. The molecule has 1 heterocycles. The van der Waals surface area contributed by atoms with Gasteiger partial charge in [0.1, 0.15) is 17.4 Å². The number of para-hydroxylation sites is 1. The van der Waals surface area contributed by atoms with Gasteiger partial charge in [-0.15, -0.1) is 0 Å². The molecular weight excluding hydrogens is 421 g/mol. The fraction of sp³-hybridized carbons (Fsp3) is 0.192. The van der Waals surface area contributed by atoms with Crippen LogP contribution in [-0.2, 0) is 0 Å². The molecule has 168 valence electrons. The van der Waals surface area contributed by atoms with E-state index < -0.39 is 11.9 Å². The van der Waals surface area contributed by atoms with Crippen LogP contribution in [0, 0.1) is 5.82 Å². The molecule has 0 aliphatic heterocycles. The van der Waals surface area contributed by atoms with Crippen molar-refractivity contribution < 1.29 is 13.9 Å². The molecule has 33 heavy (non-hydrogen) atoms. The number of benzene rings is 3. The van der Waals surface area contributed by atoms with E-state index in [-0.39, 0.29) is 11.5 Å². The van der Waals surface area contributed by atoms with Gasteiger partial charge in [-0.2, -0.15) is 0 Å². The number of nitrogens with zero attached hydrogens (tertiary/aromatic N) is 3. The number of methoxy groups -OCH3 is 1. The highest BCUT2D eigenvalue weighted by atomic mass is 19.1. The summed E-state index contributed by atoms with van der Waals surface area (Å²) in [6.07, 6.45) is 0. The molecule has 0 aliphatic rings. The predicted octanol–water partition coefficient (Wildman–Crippen LogP) is 4.76. The first-order chi connectivity index (χ1) is 15.9. The maximum Gasteiger partial charge on any atom is 0.266 e. The molecule has 3 aromatic carbocycles. The van der Waals surface area contributed by atoms with Crippen LogP contribution in [0.4, 0.5) is 4.39 Å². The summed E-state index contributed by atoms with van der Waals surface area (Å²) >= 11 is 0. The third-order valence-electron chi connectivity index (χ3n) is 5.67. The first-order valence-corrected chi connectivity index (χ1v) is 10.7. The topological polar surface area (TPSA) is 64.4 Å². The van der Waals surface area contributed by atoms with Gasteiger partial charge in [0.2, 0.25) is 0 Å². The van der Waals surface area contributed by atoms with E-state index >= 15 is 0 Å². The summed E-state index contributed by atoms with van der Waals surface area (Å²) in [4.78, 5) is 33.2. The molecule has 4 rings (SSSR count). The number of rotatable bonds is 6. The van der Waals surface area contributed by atoms with E-state index in [2.05, 4.69) is 0 Å². The lowest BCUT2D eigenvalue weighted by Crippen LogP contribution is -2.37. The highest BCUT2D eigenvalue weighted by Gasteiger charge is 2.26. The number of halogens is 1. The van der Waals surface area contributed by atoms with Gasteiger partial charge < -0.3 is 9.64 Å². The number of hydrogen-bond donors (Lipinski definition) is 0. The van der Waals surface area contributed by atoms with Gasteiger partial charge in [-0.1, -0.05) is 12.1 Å². The van der Waals surface area contributed by atoms with E-state index in [1.165, 1.54) is 28.8 Å². The van der Waals surface area contributed by atoms with Crippen molar-refractivity contribution >= 4 is 16.8 Å². The SMILES string of the molecule is CCN(C(=O)c1ccc(F)cc1)C(C)c1nc2ccccc2c(=O)n1-c1ccc(OC)cc1. The summed E-state index contributed by atoms with van der Waals surface area (Å²) in [7, 11) is 1.58. The molecule has 0 fully saturated rings. The smallest absolute Gasteiger partial charge is 0.266 e. The Morgan fingerprint density at radius 3 is 2.36 bits per heavy atom. The normalized spacial score (nSPS) is 11.9. The zero-order valence-corrected chi connectivity index (χ0v) is 18.7. The van der Waals surface area contributed by atoms with Gasteiger partial charge in [-0.3, -0.25) is 14.2 Å². The molecule has 0 N–H and O–H groups in total. The minimum Gasteiger partial charge on any atom is -0.497 e. The van der Waals surface area contributed by atoms with Crippen molar-refractivity contribution in [1.82, 2.24) is 14.5 Å². The van der Waals surface area contributed by atoms with E-state index in [9.17, 15) is 14.0 Å². The van der Waals surface area contributed by atoms with Gasteiger partial charge in [0.05, 0.1) is 29.7 Å². The van der Waals surface area contributed by atoms with Crippen LogP contribution in [-0.4, -0.2) is 34.0 Å². The standard InChI is InChI=1S/C26H24FN3O3/c1-4-29(25(31)18-9-11-19(27)12-10-18)17(2)24-28-23-8-6-5-7-22(23)26(32)30(24)20-13-15-21(33-3)16-14-20/h5-17H,4H2,1-3H3. The maximum atomic E-state index is 13.5. The fourth-order valence-corrected chi connectivity index (χ4v) is 3.90. The molecule has 6 nitrogen and oxygen atoms in total. The number of carbonyl (C=O) groups is 1. The van der Waals surface area contributed by atoms with Gasteiger partial charge >= 0.3 is 0 Å². The molecule has 1 atom stereocenters. The monoisotopic (exact) mass is 445 g/mol. The van der Waals surface area contributed by atoms with Crippen molar-refractivity contribution in [2.24, 2.45) is 0 Å². The molecule has 0 spiro atoms. The Morgan fingerprint density at radius 2 is 1.73 bits per heavy atom. The molecular formula is C26H24FN3O3. The second-order valence-electron chi connectivity index (χ2n) is 7.60. The van der Waals surface area contributed by atoms with Gasteiger partial charge in [0.25, 0.3) is 11.5 Å². The highest BCUT2D eigenvalue weighted by molar-refractivity contribution is 5.94. The highest BCUT2D eigenvalue weighted by Crippen LogP contribution is 2.25. The van der Waals surface area contributed by atoms with Gasteiger partial charge in [-0.25, -0.2) is 9.37 Å². The zero-order chi connectivity index (χ0) is 23.5. The van der Waals surface area contributed by atoms with E-state index in [1.54, 1.807) is 54.5 Å². The van der Waals surface area contributed by atoms with Crippen molar-refractivity contribution in [3.05, 3.63) is 100 Å². The van der Waals surface area contributed by atoms with Gasteiger partial charge in [0, 0.05) is 12.1 Å². The molecule has 0 aliphatic carbocycles. The summed E-state index contributed by atoms with van der Waals surface area (Å²) in [5, 5.41) is 0.483. The lowest BCUT2D eigenvalue weighted by Gasteiger charge is -2.29. The summed E-state index contributed by atoms with van der Waals surface area (Å²) < 4.78 is 20.1. The van der Waals surface area contributed by atoms with Crippen LogP contribution in [0.15, 0.2) is 77.6 Å². The summed E-state index contributed by atoms with van der Waals surface area (Å²) in [5.74, 6) is 0.416. The van der Waals surface area contributed by atoms with Gasteiger partial charge in [-0.05, 0) is 74.5 Å². The second-order valence-corrected chi connectivity index (χ2v) is 7.60. The zero-order valence-electron chi connectivity index (χ0n) is 18.7. The molecule has 0 bridgehead atoms. The molecule has 1 amide bonds. The number of amides is 1. The Labute approximate surface area is 190 Å². The van der Waals surface area contributed by atoms with Crippen molar-refractivity contribution in [2.75, 3.05) is 13.7 Å². The second kappa shape index (κ2) is 9.24. The number of carbonyl (C=O) groups excluding carboxylic acids is 1. The van der Waals surface area contributed by atoms with E-state index in [0.29, 0.717) is 40.3 Å². The van der Waals surface area contributed by atoms with Crippen molar-refractivity contribution in [3.8, 4) is 11.4 Å². The minimum atomic E-state index is -0.535. The summed E-state index contributed by atoms with van der Waals surface area (Å²) in [5.41, 5.74) is 1.31. The number of hydrogen-bond acceptors (Lipinski definition) is 4. The minimum absolute atomic E-state index is 0.224. The first kappa shape index (κ1) is 22.2. The van der Waals surface area contributed by atoms with E-state index in [0.717, 1.165) is 0 Å². The molecule has 4 aromatic rings. The van der Waals surface area contributed by atoms with Crippen LogP contribution in [0.5, 0.6) is 5.75 Å². The third-order valence-corrected chi connectivity index (χ3v) is 5.67. The third kappa shape index (κ3) is 4.22. The first-order valence-electron chi connectivity index (χ1n) is 10.7. The van der Waals surface area contributed by atoms with Gasteiger partial charge in [0.15, 0.2) is 0 Å². The number of fused-ring (bicyclic) bond motifs is 1. The lowest BCUT2D eigenvalue weighted by molar-refractivity contribution is 0.0693. The quantitative estimate of drug-likeness (QED) is 0.429. The molecule has 1 aromatic heterocycles. The fourth-order valence-electron chi connectivity index (χ4n) is 3.90. The average Bonchev–Trinajstić information content (AvgIpc) is 2.85. The number of ether oxygens (including phenoxy) is 1. The van der Waals surface area contributed by atoms with Crippen molar-refractivity contribution in [2.45, 2.75) is 19.9 Å². The Hall–Kier alpha value is -4.00. The largest absolute Gasteiger partial charge is 0.497 e. The Bertz CT molecular complexity index is 1350. The van der Waals surface area contributed by atoms with E-state index in [1.807, 2.05) is 19.9 Å². The molecule has 0 saturated carbocycles. The molecule has 1 unspecified atom stereocenters. The average molecular weight is 445 g/mol. The summed E-state index contributed by atoms with van der Waals surface area (Å²) in [6.45, 7) is 4.07.